The van der Waals surface area contributed by atoms with Gasteiger partial charge in [-0.15, -0.1) is 8.78 Å². The van der Waals surface area contributed by atoms with Crippen LogP contribution in [0.1, 0.15) is 51.5 Å². The molecule has 4 rings (SSSR count). The van der Waals surface area contributed by atoms with Gasteiger partial charge in [-0.05, 0) is 49.3 Å². The van der Waals surface area contributed by atoms with Crippen molar-refractivity contribution in [1.29, 1.82) is 0 Å². The summed E-state index contributed by atoms with van der Waals surface area (Å²) in [5, 5.41) is 17.4. The van der Waals surface area contributed by atoms with E-state index in [1.165, 1.54) is 23.1 Å². The number of hydrogen-bond donors (Lipinski definition) is 4. The maximum Gasteiger partial charge on any atom is 1.00 e. The topological polar surface area (TPSA) is 213 Å². The van der Waals surface area contributed by atoms with Gasteiger partial charge in [-0.1, -0.05) is 19.9 Å². The molecular formula is C27H35F2N4NaO11S. The molecule has 0 bridgehead atoms. The molecule has 46 heavy (non-hydrogen) atoms. The number of rotatable bonds is 13. The number of nitrogens with one attached hydrogen (secondary N) is 3. The number of alkyl halides is 2. The molecule has 2 saturated heterocycles. The maximum absolute atomic E-state index is 13.4. The molecule has 0 aromatic heterocycles. The van der Waals surface area contributed by atoms with Gasteiger partial charge in [0.15, 0.2) is 16.9 Å². The second-order valence-corrected chi connectivity index (χ2v) is 13.1. The van der Waals surface area contributed by atoms with Crippen LogP contribution in [-0.4, -0.2) is 89.8 Å². The third-order valence-electron chi connectivity index (χ3n) is 7.66. The molecule has 2 fully saturated rings. The molecule has 0 aliphatic carbocycles. The van der Waals surface area contributed by atoms with Gasteiger partial charge in [0.2, 0.25) is 17.7 Å². The normalized spacial score (nSPS) is 22.1. The summed E-state index contributed by atoms with van der Waals surface area (Å²) in [6.45, 7) is 3.57. The molecule has 4 N–H and O–H groups in total. The van der Waals surface area contributed by atoms with Crippen LogP contribution in [0.4, 0.5) is 13.6 Å². The fourth-order valence-corrected chi connectivity index (χ4v) is 6.02. The third kappa shape index (κ3) is 9.87. The number of halogens is 2. The van der Waals surface area contributed by atoms with E-state index in [2.05, 4.69) is 25.4 Å². The van der Waals surface area contributed by atoms with Crippen molar-refractivity contribution in [3.8, 4) is 11.5 Å². The fourth-order valence-electron chi connectivity index (χ4n) is 5.44. The smallest absolute Gasteiger partial charge is 0.746 e. The quantitative estimate of drug-likeness (QED) is 0.126. The Morgan fingerprint density at radius 2 is 1.89 bits per heavy atom. The number of alkyl carbamates (subject to hydrolysis) is 1. The first kappa shape index (κ1) is 37.7. The maximum atomic E-state index is 13.4. The van der Waals surface area contributed by atoms with E-state index in [1.54, 1.807) is 13.8 Å². The zero-order chi connectivity index (χ0) is 33.1. The number of ether oxygens (including phenoxy) is 3. The summed E-state index contributed by atoms with van der Waals surface area (Å²) >= 11 is 0. The van der Waals surface area contributed by atoms with Crippen LogP contribution in [0.25, 0.3) is 0 Å². The zero-order valence-electron chi connectivity index (χ0n) is 25.5. The number of carbonyl (C=O) groups is 4. The Kier molecular flexibility index (Phi) is 12.6. The summed E-state index contributed by atoms with van der Waals surface area (Å²) in [7, 11) is -5.27. The molecule has 0 spiro atoms. The van der Waals surface area contributed by atoms with Crippen molar-refractivity contribution in [3.63, 3.8) is 0 Å². The Morgan fingerprint density at radius 1 is 1.20 bits per heavy atom. The van der Waals surface area contributed by atoms with Gasteiger partial charge in [0.1, 0.15) is 22.8 Å². The van der Waals surface area contributed by atoms with E-state index >= 15 is 0 Å². The second kappa shape index (κ2) is 15.4. The molecule has 1 aromatic carbocycles. The largest absolute Gasteiger partial charge is 1.00 e. The van der Waals surface area contributed by atoms with Crippen molar-refractivity contribution in [2.24, 2.45) is 11.8 Å². The van der Waals surface area contributed by atoms with Gasteiger partial charge < -0.3 is 44.7 Å². The number of benzene rings is 1. The van der Waals surface area contributed by atoms with Crippen LogP contribution in [0.3, 0.4) is 0 Å². The van der Waals surface area contributed by atoms with Crippen molar-refractivity contribution < 1.29 is 89.8 Å². The molecule has 1 unspecified atom stereocenters. The number of fused-ring (bicyclic) bond motifs is 1. The van der Waals surface area contributed by atoms with E-state index in [4.69, 9.17) is 4.74 Å². The molecule has 0 radical (unpaired) electrons. The van der Waals surface area contributed by atoms with E-state index in [9.17, 15) is 46.0 Å². The van der Waals surface area contributed by atoms with Crippen LogP contribution in [0.2, 0.25) is 0 Å². The average Bonchev–Trinajstić information content (AvgIpc) is 3.60. The number of aliphatic hydroxyl groups is 1. The Hall–Kier alpha value is -2.77. The van der Waals surface area contributed by atoms with Crippen molar-refractivity contribution in [1.82, 2.24) is 20.9 Å². The Labute approximate surface area is 286 Å². The summed E-state index contributed by atoms with van der Waals surface area (Å²) < 4.78 is 75.6. The Bertz CT molecular complexity index is 1420. The van der Waals surface area contributed by atoms with Crippen LogP contribution in [0, 0.1) is 11.8 Å². The number of likely N-dealkylation sites (tertiary alicyclic amines) is 1. The minimum absolute atomic E-state index is 0. The van der Waals surface area contributed by atoms with Crippen LogP contribution in [0.15, 0.2) is 18.2 Å². The molecular weight excluding hydrogens is 649 g/mol. The Morgan fingerprint density at radius 3 is 2.52 bits per heavy atom. The van der Waals surface area contributed by atoms with Crippen LogP contribution in [-0.2, 0) is 35.8 Å². The fraction of sp³-hybridized carbons (Fsp3) is 0.630. The third-order valence-corrected chi connectivity index (χ3v) is 8.58. The molecule has 3 aliphatic heterocycles. The number of amides is 4. The summed E-state index contributed by atoms with van der Waals surface area (Å²) in [6.07, 6.45) is -4.28. The number of aliphatic hydroxyl groups excluding tert-OH is 1. The molecule has 3 heterocycles. The molecule has 1 aromatic rings. The summed E-state index contributed by atoms with van der Waals surface area (Å²) in [5.41, 5.74) is -2.06. The van der Waals surface area contributed by atoms with Gasteiger partial charge in [-0.2, -0.15) is 0 Å². The van der Waals surface area contributed by atoms with E-state index < -0.39 is 63.8 Å². The monoisotopic (exact) mass is 684 g/mol. The van der Waals surface area contributed by atoms with Crippen LogP contribution in [0.5, 0.6) is 11.5 Å². The van der Waals surface area contributed by atoms with Crippen molar-refractivity contribution in [2.45, 2.75) is 82.4 Å². The molecule has 5 atom stereocenters. The number of hydrogen-bond acceptors (Lipinski definition) is 11. The molecule has 19 heteroatoms. The molecule has 4 amide bonds. The van der Waals surface area contributed by atoms with Gasteiger partial charge in [-0.25, -0.2) is 13.2 Å². The van der Waals surface area contributed by atoms with Gasteiger partial charge in [0.25, 0.3) is 0 Å². The minimum atomic E-state index is -5.27. The average molecular weight is 685 g/mol. The first-order chi connectivity index (χ1) is 21.0. The summed E-state index contributed by atoms with van der Waals surface area (Å²) in [5.74, 6) is -2.80. The van der Waals surface area contributed by atoms with Gasteiger partial charge >= 0.3 is 41.9 Å². The number of carbonyl (C=O) groups excluding carboxylic acids is 4. The van der Waals surface area contributed by atoms with Gasteiger partial charge in [-0.3, -0.25) is 14.4 Å². The van der Waals surface area contributed by atoms with Crippen molar-refractivity contribution >= 4 is 33.9 Å². The van der Waals surface area contributed by atoms with E-state index in [0.29, 0.717) is 24.9 Å². The van der Waals surface area contributed by atoms with Gasteiger partial charge in [0.05, 0.1) is 12.1 Å². The molecule has 15 nitrogen and oxygen atoms in total. The first-order valence-electron chi connectivity index (χ1n) is 14.3. The Balaban J connectivity index is 0.00000576. The first-order valence-corrected chi connectivity index (χ1v) is 15.8. The zero-order valence-corrected chi connectivity index (χ0v) is 28.3. The van der Waals surface area contributed by atoms with E-state index in [0.717, 1.165) is 0 Å². The second-order valence-electron chi connectivity index (χ2n) is 11.6. The minimum Gasteiger partial charge on any atom is -0.746 e. The predicted octanol–water partition coefficient (Wildman–Crippen LogP) is -2.48. The molecule has 3 aliphatic rings. The van der Waals surface area contributed by atoms with Crippen molar-refractivity contribution in [2.75, 3.05) is 13.2 Å². The van der Waals surface area contributed by atoms with E-state index in [1.807, 2.05) is 0 Å². The van der Waals surface area contributed by atoms with Gasteiger partial charge in [0, 0.05) is 25.4 Å². The van der Waals surface area contributed by atoms with Crippen LogP contribution < -0.4 is 55.0 Å². The SMILES string of the molecule is CC(C)C[C@H](NC(=O)OC[C@@H]1CCC(=O)N1Cc1ccc2c(c1)OC(F)(F)O2)C(=O)N[C@@H](C[C@@H]1CCNC1=O)C(O)S(=O)(=O)[O-].[Na+]. The van der Waals surface area contributed by atoms with Crippen LogP contribution >= 0.6 is 0 Å². The summed E-state index contributed by atoms with van der Waals surface area (Å²) in [6, 6.07) is 0.656. The predicted molar refractivity (Wildman–Crippen MR) is 147 cm³/mol. The summed E-state index contributed by atoms with van der Waals surface area (Å²) in [4.78, 5) is 52.0. The molecule has 250 valence electrons. The number of nitrogens with zero attached hydrogens (tertiary/aromatic N) is 1. The molecule has 0 saturated carbocycles. The standard InChI is InChI=1S/C27H36F2N4O11S.Na/c1-14(2)9-18(24(36)31-19(25(37)45(39,40)41)11-16-7-8-30-23(16)35)32-26(38)42-13-17-4-6-22(34)33(17)12-15-3-5-20-21(10-15)44-27(28,29)43-20;/h3,5,10,14,16-19,25,37H,4,6-9,11-13H2,1-2H3,(H,30,35)(H,31,36)(H,32,38)(H,39,40,41);/q;+1/p-1/t16-,17-,18-,19-,25?;/m0./s1. The van der Waals surface area contributed by atoms with E-state index in [-0.39, 0.29) is 85.3 Å². The van der Waals surface area contributed by atoms with Crippen molar-refractivity contribution in [3.05, 3.63) is 23.8 Å².